The van der Waals surface area contributed by atoms with E-state index in [1.165, 1.54) is 12.2 Å². The van der Waals surface area contributed by atoms with Crippen LogP contribution in [0, 0.1) is 18.6 Å². The first-order valence-electron chi connectivity index (χ1n) is 6.96. The molecule has 0 saturated heterocycles. The summed E-state index contributed by atoms with van der Waals surface area (Å²) in [6.45, 7) is 1.56. The first-order chi connectivity index (χ1) is 11.4. The van der Waals surface area contributed by atoms with Gasteiger partial charge in [-0.15, -0.1) is 0 Å². The molecule has 1 heterocycles. The Morgan fingerprint density at radius 3 is 2.62 bits per heavy atom. The van der Waals surface area contributed by atoms with Crippen LogP contribution in [0.2, 0.25) is 0 Å². The number of nitrogens with zero attached hydrogens (tertiary/aromatic N) is 1. The van der Waals surface area contributed by atoms with Crippen molar-refractivity contribution in [2.75, 3.05) is 0 Å². The lowest BCUT2D eigenvalue weighted by atomic mass is 10.1. The lowest BCUT2D eigenvalue weighted by Crippen LogP contribution is -2.13. The van der Waals surface area contributed by atoms with Crippen LogP contribution in [0.3, 0.4) is 0 Å². The van der Waals surface area contributed by atoms with Gasteiger partial charge in [0, 0.05) is 12.1 Å². The maximum atomic E-state index is 13.6. The Hall–Kier alpha value is -3.22. The van der Waals surface area contributed by atoms with Gasteiger partial charge in [-0.3, -0.25) is 4.79 Å². The molecule has 2 aromatic carbocycles. The summed E-state index contributed by atoms with van der Waals surface area (Å²) >= 11 is 0. The smallest absolute Gasteiger partial charge is 0.407 e. The number of oxazole rings is 1. The number of carbonyl (C=O) groups excluding carboxylic acids is 1. The summed E-state index contributed by atoms with van der Waals surface area (Å²) in [7, 11) is 0. The fourth-order valence-electron chi connectivity index (χ4n) is 2.42. The number of hydrogen-bond donors (Lipinski definition) is 1. The zero-order chi connectivity index (χ0) is 17.4. The number of fused-ring (bicyclic) bond motifs is 1. The van der Waals surface area contributed by atoms with Gasteiger partial charge >= 0.3 is 5.76 Å². The van der Waals surface area contributed by atoms with Crippen LogP contribution in [-0.2, 0) is 4.79 Å². The number of aromatic nitrogens is 1. The fraction of sp³-hybridized carbons (Fsp3) is 0.0588. The summed E-state index contributed by atoms with van der Waals surface area (Å²) in [5.41, 5.74) is 6.83. The highest BCUT2D eigenvalue weighted by molar-refractivity contribution is 5.91. The molecule has 0 aliphatic heterocycles. The number of aryl methyl sites for hydroxylation is 1. The molecule has 0 fully saturated rings. The summed E-state index contributed by atoms with van der Waals surface area (Å²) < 4.78 is 33.2. The van der Waals surface area contributed by atoms with Gasteiger partial charge in [-0.2, -0.15) is 0 Å². The largest absolute Gasteiger partial charge is 0.424 e. The number of rotatable bonds is 3. The third kappa shape index (κ3) is 2.71. The van der Waals surface area contributed by atoms with Crippen molar-refractivity contribution in [2.45, 2.75) is 6.92 Å². The number of carbonyl (C=O) groups is 1. The van der Waals surface area contributed by atoms with Crippen molar-refractivity contribution in [1.29, 1.82) is 0 Å². The molecule has 0 bridgehead atoms. The second-order valence-electron chi connectivity index (χ2n) is 5.22. The van der Waals surface area contributed by atoms with Crippen LogP contribution in [0.15, 0.2) is 45.6 Å². The Morgan fingerprint density at radius 2 is 1.92 bits per heavy atom. The molecule has 0 aliphatic rings. The van der Waals surface area contributed by atoms with Crippen LogP contribution in [0.4, 0.5) is 8.78 Å². The predicted octanol–water partition coefficient (Wildman–Crippen LogP) is 2.67. The van der Waals surface area contributed by atoms with Gasteiger partial charge in [0.15, 0.2) is 17.2 Å². The second kappa shape index (κ2) is 5.77. The van der Waals surface area contributed by atoms with Crippen LogP contribution in [0.5, 0.6) is 0 Å². The molecule has 0 atom stereocenters. The Morgan fingerprint density at radius 1 is 1.21 bits per heavy atom. The summed E-state index contributed by atoms with van der Waals surface area (Å²) in [5, 5.41) is 0. The summed E-state index contributed by atoms with van der Waals surface area (Å²) in [6, 6.07) is 6.70. The van der Waals surface area contributed by atoms with E-state index in [1.54, 1.807) is 25.1 Å². The van der Waals surface area contributed by atoms with Gasteiger partial charge in [-0.25, -0.2) is 18.1 Å². The quantitative estimate of drug-likeness (QED) is 0.750. The van der Waals surface area contributed by atoms with E-state index in [2.05, 4.69) is 0 Å². The highest BCUT2D eigenvalue weighted by Crippen LogP contribution is 2.23. The fourth-order valence-corrected chi connectivity index (χ4v) is 2.42. The monoisotopic (exact) mass is 330 g/mol. The number of halogens is 2. The van der Waals surface area contributed by atoms with E-state index in [0.29, 0.717) is 16.6 Å². The molecule has 7 heteroatoms. The minimum Gasteiger partial charge on any atom is -0.407 e. The minimum absolute atomic E-state index is 0.175. The van der Waals surface area contributed by atoms with Crippen molar-refractivity contribution in [2.24, 2.45) is 5.73 Å². The molecule has 122 valence electrons. The van der Waals surface area contributed by atoms with Gasteiger partial charge in [0.1, 0.15) is 0 Å². The predicted molar refractivity (Wildman–Crippen MR) is 84.7 cm³/mol. The standard InChI is InChI=1S/C17H12F2N2O3/c1-9-6-11(18)12(19)8-13(9)21-14-7-10(3-5-16(20)22)2-4-15(14)24-17(21)23/h2-8H,1H3,(H2,20,22)/b5-3+. The van der Waals surface area contributed by atoms with Gasteiger partial charge in [-0.05, 0) is 42.3 Å². The average molecular weight is 330 g/mol. The second-order valence-corrected chi connectivity index (χ2v) is 5.22. The first-order valence-corrected chi connectivity index (χ1v) is 6.96. The van der Waals surface area contributed by atoms with E-state index in [0.717, 1.165) is 16.7 Å². The molecular formula is C17H12F2N2O3. The summed E-state index contributed by atoms with van der Waals surface area (Å²) in [4.78, 5) is 23.0. The Balaban J connectivity index is 2.26. The third-order valence-corrected chi connectivity index (χ3v) is 3.52. The van der Waals surface area contributed by atoms with Crippen molar-refractivity contribution < 1.29 is 18.0 Å². The van der Waals surface area contributed by atoms with Crippen molar-refractivity contribution in [3.05, 3.63) is 69.7 Å². The van der Waals surface area contributed by atoms with Gasteiger partial charge in [0.25, 0.3) is 0 Å². The van der Waals surface area contributed by atoms with Crippen LogP contribution in [0.25, 0.3) is 22.9 Å². The van der Waals surface area contributed by atoms with Crippen LogP contribution < -0.4 is 11.5 Å². The van der Waals surface area contributed by atoms with Gasteiger partial charge < -0.3 is 10.2 Å². The molecule has 0 radical (unpaired) electrons. The highest BCUT2D eigenvalue weighted by Gasteiger charge is 2.16. The maximum Gasteiger partial charge on any atom is 0.424 e. The third-order valence-electron chi connectivity index (χ3n) is 3.52. The molecule has 2 N–H and O–H groups in total. The van der Waals surface area contributed by atoms with Gasteiger partial charge in [0.05, 0.1) is 11.2 Å². The molecule has 3 rings (SSSR count). The zero-order valence-electron chi connectivity index (χ0n) is 12.5. The SMILES string of the molecule is Cc1cc(F)c(F)cc1-n1c(=O)oc2ccc(/C=C/C(N)=O)cc21. The lowest BCUT2D eigenvalue weighted by molar-refractivity contribution is -0.113. The maximum absolute atomic E-state index is 13.6. The first kappa shape index (κ1) is 15.7. The molecule has 5 nitrogen and oxygen atoms in total. The van der Waals surface area contributed by atoms with E-state index in [-0.39, 0.29) is 11.3 Å². The summed E-state index contributed by atoms with van der Waals surface area (Å²) in [5.74, 6) is -3.41. The molecule has 0 aliphatic carbocycles. The van der Waals surface area contributed by atoms with E-state index in [9.17, 15) is 18.4 Å². The molecule has 3 aromatic rings. The molecular weight excluding hydrogens is 318 g/mol. The molecule has 0 spiro atoms. The van der Waals surface area contributed by atoms with E-state index in [4.69, 9.17) is 10.2 Å². The number of benzene rings is 2. The highest BCUT2D eigenvalue weighted by atomic mass is 19.2. The van der Waals surface area contributed by atoms with Crippen molar-refractivity contribution in [3.8, 4) is 5.69 Å². The normalized spacial score (nSPS) is 11.5. The van der Waals surface area contributed by atoms with Crippen LogP contribution >= 0.6 is 0 Å². The molecule has 0 saturated carbocycles. The zero-order valence-corrected chi connectivity index (χ0v) is 12.5. The molecule has 1 aromatic heterocycles. The Labute approximate surface area is 134 Å². The number of amides is 1. The number of nitrogens with two attached hydrogens (primary N) is 1. The molecule has 1 amide bonds. The van der Waals surface area contributed by atoms with Crippen LogP contribution in [-0.4, -0.2) is 10.5 Å². The average Bonchev–Trinajstić information content (AvgIpc) is 2.84. The van der Waals surface area contributed by atoms with Crippen LogP contribution in [0.1, 0.15) is 11.1 Å². The summed E-state index contributed by atoms with van der Waals surface area (Å²) in [6.07, 6.45) is 2.65. The topological polar surface area (TPSA) is 78.2 Å². The van der Waals surface area contributed by atoms with Gasteiger partial charge in [0.2, 0.25) is 5.91 Å². The minimum atomic E-state index is -1.07. The number of primary amides is 1. The van der Waals surface area contributed by atoms with Crippen molar-refractivity contribution in [3.63, 3.8) is 0 Å². The Kier molecular flexibility index (Phi) is 3.76. The Bertz CT molecular complexity index is 1050. The molecule has 0 unspecified atom stereocenters. The van der Waals surface area contributed by atoms with Crippen molar-refractivity contribution >= 4 is 23.1 Å². The van der Waals surface area contributed by atoms with Crippen molar-refractivity contribution in [1.82, 2.24) is 4.57 Å². The van der Waals surface area contributed by atoms with E-state index >= 15 is 0 Å². The lowest BCUT2D eigenvalue weighted by Gasteiger charge is -2.07. The number of hydrogen-bond acceptors (Lipinski definition) is 3. The van der Waals surface area contributed by atoms with Gasteiger partial charge in [-0.1, -0.05) is 6.07 Å². The molecule has 24 heavy (non-hydrogen) atoms. The van der Waals surface area contributed by atoms with E-state index < -0.39 is 23.3 Å². The van der Waals surface area contributed by atoms with E-state index in [1.807, 2.05) is 0 Å².